The molecule has 1 aromatic heterocycles. The number of anilines is 2. The minimum absolute atomic E-state index is 0.0734. The minimum Gasteiger partial charge on any atom is -0.316 e. The molecule has 1 aliphatic heterocycles. The van der Waals surface area contributed by atoms with Gasteiger partial charge in [-0.2, -0.15) is 0 Å². The molecule has 3 aromatic carbocycles. The third-order valence-corrected chi connectivity index (χ3v) is 6.69. The molecule has 0 saturated heterocycles. The maximum atomic E-state index is 14.2. The third kappa shape index (κ3) is 4.60. The Kier molecular flexibility index (Phi) is 6.53. The number of nitrogens with zero attached hydrogens (tertiary/aromatic N) is 3. The van der Waals surface area contributed by atoms with E-state index in [1.807, 2.05) is 87.6 Å². The Labute approximate surface area is 215 Å². The van der Waals surface area contributed by atoms with E-state index in [0.29, 0.717) is 0 Å². The van der Waals surface area contributed by atoms with Crippen LogP contribution >= 0.6 is 0 Å². The van der Waals surface area contributed by atoms with Gasteiger partial charge in [-0.15, -0.1) is 0 Å². The molecule has 4 aromatic rings. The molecule has 1 atom stereocenters. The minimum atomic E-state index is -0.533. The van der Waals surface area contributed by atoms with Crippen LogP contribution in [0.3, 0.4) is 0 Å². The second-order valence-corrected chi connectivity index (χ2v) is 9.50. The van der Waals surface area contributed by atoms with E-state index in [2.05, 4.69) is 9.88 Å². The van der Waals surface area contributed by atoms with Crippen LogP contribution in [0.4, 0.5) is 20.6 Å². The molecule has 3 amide bonds. The highest BCUT2D eigenvalue weighted by molar-refractivity contribution is 6.01. The number of fused-ring (bicyclic) bond motifs is 3. The number of carbonyl (C=O) groups excluding carboxylic acids is 2. The second kappa shape index (κ2) is 9.93. The summed E-state index contributed by atoms with van der Waals surface area (Å²) in [5.74, 6) is -0.765. The maximum Gasteiger partial charge on any atom is 0.322 e. The zero-order valence-corrected chi connectivity index (χ0v) is 21.1. The fourth-order valence-corrected chi connectivity index (χ4v) is 4.79. The molecule has 7 heteroatoms. The number of benzene rings is 3. The Morgan fingerprint density at radius 2 is 1.59 bits per heavy atom. The van der Waals surface area contributed by atoms with Gasteiger partial charge >= 0.3 is 6.03 Å². The molecule has 0 radical (unpaired) electrons. The highest BCUT2D eigenvalue weighted by atomic mass is 19.1. The first-order valence-electron chi connectivity index (χ1n) is 12.3. The van der Waals surface area contributed by atoms with Crippen LogP contribution in [0, 0.1) is 12.7 Å². The summed E-state index contributed by atoms with van der Waals surface area (Å²) in [5, 5.41) is 2.62. The summed E-state index contributed by atoms with van der Waals surface area (Å²) in [6.45, 7) is 5.53. The number of aryl methyl sites for hydroxylation is 1. The first-order valence-corrected chi connectivity index (χ1v) is 12.3. The van der Waals surface area contributed by atoms with Gasteiger partial charge in [-0.05, 0) is 62.7 Å². The van der Waals surface area contributed by atoms with Crippen LogP contribution in [0.5, 0.6) is 0 Å². The van der Waals surface area contributed by atoms with Crippen molar-refractivity contribution in [1.29, 1.82) is 0 Å². The lowest BCUT2D eigenvalue weighted by Gasteiger charge is -2.40. The summed E-state index contributed by atoms with van der Waals surface area (Å²) in [4.78, 5) is 30.5. The first kappa shape index (κ1) is 24.3. The smallest absolute Gasteiger partial charge is 0.316 e. The van der Waals surface area contributed by atoms with Crippen molar-refractivity contribution in [1.82, 2.24) is 9.47 Å². The van der Waals surface area contributed by atoms with Gasteiger partial charge in [-0.25, -0.2) is 9.18 Å². The van der Waals surface area contributed by atoms with Crippen molar-refractivity contribution >= 4 is 23.3 Å². The average molecular weight is 497 g/mol. The van der Waals surface area contributed by atoms with Crippen LogP contribution in [-0.4, -0.2) is 34.0 Å². The molecule has 2 heterocycles. The summed E-state index contributed by atoms with van der Waals surface area (Å²) in [5.41, 5.74) is 4.79. The number of urea groups is 1. The maximum absolute atomic E-state index is 14.2. The van der Waals surface area contributed by atoms with Crippen LogP contribution in [0.2, 0.25) is 0 Å². The van der Waals surface area contributed by atoms with Gasteiger partial charge in [0.25, 0.3) is 0 Å². The zero-order valence-electron chi connectivity index (χ0n) is 21.1. The van der Waals surface area contributed by atoms with Gasteiger partial charge in [0, 0.05) is 12.2 Å². The summed E-state index contributed by atoms with van der Waals surface area (Å²) < 4.78 is 16.3. The molecule has 37 heavy (non-hydrogen) atoms. The Bertz CT molecular complexity index is 1440. The fourth-order valence-electron chi connectivity index (χ4n) is 4.79. The van der Waals surface area contributed by atoms with E-state index in [1.165, 1.54) is 17.0 Å². The van der Waals surface area contributed by atoms with Gasteiger partial charge in [0.2, 0.25) is 5.91 Å². The summed E-state index contributed by atoms with van der Waals surface area (Å²) in [6.07, 6.45) is 2.00. The highest BCUT2D eigenvalue weighted by Gasteiger charge is 2.37. The molecule has 0 aliphatic carbocycles. The van der Waals surface area contributed by atoms with Gasteiger partial charge in [0.1, 0.15) is 18.4 Å². The number of rotatable bonds is 5. The number of aromatic nitrogens is 1. The predicted octanol–water partition coefficient (Wildman–Crippen LogP) is 6.30. The van der Waals surface area contributed by atoms with E-state index in [-0.39, 0.29) is 30.2 Å². The first-order chi connectivity index (χ1) is 17.8. The van der Waals surface area contributed by atoms with E-state index >= 15 is 0 Å². The number of nitrogens with one attached hydrogen (secondary N) is 1. The number of amides is 3. The average Bonchev–Trinajstić information content (AvgIpc) is 3.38. The Balaban J connectivity index is 1.52. The Morgan fingerprint density at radius 3 is 2.30 bits per heavy atom. The Hall–Kier alpha value is -4.39. The van der Waals surface area contributed by atoms with Crippen LogP contribution in [0.1, 0.15) is 36.7 Å². The van der Waals surface area contributed by atoms with Crippen molar-refractivity contribution in [2.24, 2.45) is 0 Å². The van der Waals surface area contributed by atoms with E-state index in [0.717, 1.165) is 28.2 Å². The number of halogens is 1. The number of para-hydroxylation sites is 3. The van der Waals surface area contributed by atoms with Crippen LogP contribution in [0.15, 0.2) is 91.1 Å². The molecular formula is C30H29FN4O2. The van der Waals surface area contributed by atoms with Gasteiger partial charge in [-0.3, -0.25) is 9.69 Å². The zero-order chi connectivity index (χ0) is 26.1. The van der Waals surface area contributed by atoms with E-state index in [1.54, 1.807) is 17.0 Å². The molecule has 0 fully saturated rings. The molecular weight excluding hydrogens is 467 g/mol. The van der Waals surface area contributed by atoms with Gasteiger partial charge < -0.3 is 14.8 Å². The molecule has 0 saturated carbocycles. The van der Waals surface area contributed by atoms with Crippen molar-refractivity contribution < 1.29 is 14.0 Å². The van der Waals surface area contributed by atoms with Crippen molar-refractivity contribution in [2.75, 3.05) is 16.8 Å². The SMILES string of the molecule is Cc1ccc(C2c3cccn3-c3ccccc3N2C(=O)CN(C(=O)Nc2ccccc2F)C(C)C)cc1. The number of hydrogen-bond acceptors (Lipinski definition) is 2. The molecule has 188 valence electrons. The standard InChI is InChI=1S/C30H29FN4O2/c1-20(2)34(30(37)32-24-10-5-4-9-23(24)31)19-28(36)35-26-12-7-6-11-25(26)33-18-8-13-27(33)29(35)22-16-14-21(3)15-17-22/h4-18,20,29H,19H2,1-3H3,(H,32,37). The van der Waals surface area contributed by atoms with E-state index < -0.39 is 11.8 Å². The summed E-state index contributed by atoms with van der Waals surface area (Å²) in [7, 11) is 0. The Morgan fingerprint density at radius 1 is 0.919 bits per heavy atom. The van der Waals surface area contributed by atoms with Crippen molar-refractivity contribution in [3.8, 4) is 5.69 Å². The highest BCUT2D eigenvalue weighted by Crippen LogP contribution is 2.42. The van der Waals surface area contributed by atoms with Crippen LogP contribution in [-0.2, 0) is 4.79 Å². The molecule has 5 rings (SSSR count). The lowest BCUT2D eigenvalue weighted by molar-refractivity contribution is -0.119. The molecule has 0 bridgehead atoms. The van der Waals surface area contributed by atoms with Crippen molar-refractivity contribution in [3.05, 3.63) is 114 Å². The third-order valence-electron chi connectivity index (χ3n) is 6.69. The predicted molar refractivity (Wildman–Crippen MR) is 144 cm³/mol. The molecule has 1 aliphatic rings. The molecule has 0 spiro atoms. The van der Waals surface area contributed by atoms with Crippen LogP contribution < -0.4 is 10.2 Å². The normalized spacial score (nSPS) is 14.2. The second-order valence-electron chi connectivity index (χ2n) is 9.50. The van der Waals surface area contributed by atoms with Gasteiger partial charge in [0.15, 0.2) is 0 Å². The van der Waals surface area contributed by atoms with Crippen molar-refractivity contribution in [2.45, 2.75) is 32.9 Å². The van der Waals surface area contributed by atoms with Gasteiger partial charge in [0.05, 0.1) is 22.8 Å². The topological polar surface area (TPSA) is 57.6 Å². The monoisotopic (exact) mass is 496 g/mol. The molecule has 6 nitrogen and oxygen atoms in total. The lowest BCUT2D eigenvalue weighted by Crippen LogP contribution is -2.49. The summed E-state index contributed by atoms with van der Waals surface area (Å²) >= 11 is 0. The van der Waals surface area contributed by atoms with E-state index in [9.17, 15) is 14.0 Å². The fraction of sp³-hybridized carbons (Fsp3) is 0.200. The molecule has 1 N–H and O–H groups in total. The van der Waals surface area contributed by atoms with Crippen LogP contribution in [0.25, 0.3) is 5.69 Å². The molecule has 1 unspecified atom stereocenters. The number of carbonyl (C=O) groups is 2. The quantitative estimate of drug-likeness (QED) is 0.352. The van der Waals surface area contributed by atoms with E-state index in [4.69, 9.17) is 0 Å². The lowest BCUT2D eigenvalue weighted by atomic mass is 9.97. The van der Waals surface area contributed by atoms with Gasteiger partial charge in [-0.1, -0.05) is 54.1 Å². The van der Waals surface area contributed by atoms with Crippen molar-refractivity contribution in [3.63, 3.8) is 0 Å². The summed E-state index contributed by atoms with van der Waals surface area (Å²) in [6, 6.07) is 24.7. The number of hydrogen-bond donors (Lipinski definition) is 1. The largest absolute Gasteiger partial charge is 0.322 e.